The van der Waals surface area contributed by atoms with Crippen molar-refractivity contribution in [2.24, 2.45) is 0 Å². The van der Waals surface area contributed by atoms with Crippen LogP contribution in [0.1, 0.15) is 16.1 Å². The zero-order chi connectivity index (χ0) is 11.5. The van der Waals surface area contributed by atoms with Crippen LogP contribution in [0, 0.1) is 17.1 Å². The zero-order valence-electron chi connectivity index (χ0n) is 8.11. The van der Waals surface area contributed by atoms with Crippen molar-refractivity contribution in [2.45, 2.75) is 0 Å². The summed E-state index contributed by atoms with van der Waals surface area (Å²) in [5.41, 5.74) is 0.468. The number of benzene rings is 1. The molecule has 0 aliphatic rings. The SMILES string of the molecule is N#Cc1ccc(-c2ccc(C=O)o2)cc1F. The fraction of sp³-hybridized carbons (Fsp3) is 0. The molecule has 0 spiro atoms. The van der Waals surface area contributed by atoms with Gasteiger partial charge in [-0.05, 0) is 30.3 Å². The van der Waals surface area contributed by atoms with Gasteiger partial charge in [0, 0.05) is 5.56 Å². The number of hydrogen-bond donors (Lipinski definition) is 0. The van der Waals surface area contributed by atoms with Gasteiger partial charge in [-0.3, -0.25) is 4.79 Å². The number of rotatable bonds is 2. The van der Waals surface area contributed by atoms with Crippen LogP contribution in [0.25, 0.3) is 11.3 Å². The van der Waals surface area contributed by atoms with E-state index in [1.807, 2.05) is 0 Å². The molecule has 2 aromatic rings. The summed E-state index contributed by atoms with van der Waals surface area (Å²) < 4.78 is 18.4. The van der Waals surface area contributed by atoms with Gasteiger partial charge in [-0.1, -0.05) is 0 Å². The van der Waals surface area contributed by atoms with Crippen LogP contribution in [0.3, 0.4) is 0 Å². The van der Waals surface area contributed by atoms with Gasteiger partial charge in [0.05, 0.1) is 5.56 Å². The molecule has 3 nitrogen and oxygen atoms in total. The lowest BCUT2D eigenvalue weighted by molar-refractivity contribution is 0.110. The highest BCUT2D eigenvalue weighted by molar-refractivity contribution is 5.72. The van der Waals surface area contributed by atoms with E-state index < -0.39 is 5.82 Å². The predicted molar refractivity (Wildman–Crippen MR) is 54.2 cm³/mol. The van der Waals surface area contributed by atoms with Gasteiger partial charge in [0.15, 0.2) is 12.0 Å². The second-order valence-corrected chi connectivity index (χ2v) is 3.13. The largest absolute Gasteiger partial charge is 0.453 e. The highest BCUT2D eigenvalue weighted by atomic mass is 19.1. The molecule has 2 rings (SSSR count). The first-order valence-electron chi connectivity index (χ1n) is 4.49. The molecule has 0 atom stereocenters. The number of carbonyl (C=O) groups excluding carboxylic acids is 1. The number of nitrogens with zero attached hydrogens (tertiary/aromatic N) is 1. The molecule has 0 bridgehead atoms. The molecule has 4 heteroatoms. The topological polar surface area (TPSA) is 54.0 Å². The van der Waals surface area contributed by atoms with Crippen molar-refractivity contribution in [3.8, 4) is 17.4 Å². The Morgan fingerprint density at radius 1 is 1.31 bits per heavy atom. The maximum absolute atomic E-state index is 13.3. The molecule has 0 fully saturated rings. The summed E-state index contributed by atoms with van der Waals surface area (Å²) in [7, 11) is 0. The minimum Gasteiger partial charge on any atom is -0.453 e. The average Bonchev–Trinajstić information content (AvgIpc) is 2.77. The monoisotopic (exact) mass is 215 g/mol. The van der Waals surface area contributed by atoms with E-state index in [-0.39, 0.29) is 11.3 Å². The average molecular weight is 215 g/mol. The lowest BCUT2D eigenvalue weighted by Gasteiger charge is -1.98. The maximum atomic E-state index is 13.3. The molecule has 16 heavy (non-hydrogen) atoms. The summed E-state index contributed by atoms with van der Waals surface area (Å²) in [5, 5.41) is 8.56. The van der Waals surface area contributed by atoms with Crippen molar-refractivity contribution < 1.29 is 13.6 Å². The van der Waals surface area contributed by atoms with Crippen LogP contribution in [-0.2, 0) is 0 Å². The quantitative estimate of drug-likeness (QED) is 0.723. The van der Waals surface area contributed by atoms with Crippen LogP contribution in [0.2, 0.25) is 0 Å². The minimum atomic E-state index is -0.607. The molecule has 0 N–H and O–H groups in total. The van der Waals surface area contributed by atoms with Gasteiger partial charge < -0.3 is 4.42 Å². The normalized spacial score (nSPS) is 9.75. The van der Waals surface area contributed by atoms with Crippen LogP contribution in [-0.4, -0.2) is 6.29 Å². The molecule has 1 aromatic heterocycles. The third kappa shape index (κ3) is 1.71. The molecule has 1 heterocycles. The van der Waals surface area contributed by atoms with E-state index in [9.17, 15) is 9.18 Å². The van der Waals surface area contributed by atoms with Crippen molar-refractivity contribution >= 4 is 6.29 Å². The van der Waals surface area contributed by atoms with Crippen LogP contribution >= 0.6 is 0 Å². The lowest BCUT2D eigenvalue weighted by Crippen LogP contribution is -1.84. The lowest BCUT2D eigenvalue weighted by atomic mass is 10.1. The number of halogens is 1. The van der Waals surface area contributed by atoms with Gasteiger partial charge in [0.25, 0.3) is 0 Å². The summed E-state index contributed by atoms with van der Waals surface area (Å²) in [4.78, 5) is 10.4. The highest BCUT2D eigenvalue weighted by Crippen LogP contribution is 2.23. The molecule has 0 aliphatic heterocycles. The van der Waals surface area contributed by atoms with E-state index in [0.29, 0.717) is 17.6 Å². The van der Waals surface area contributed by atoms with E-state index in [4.69, 9.17) is 9.68 Å². The summed E-state index contributed by atoms with van der Waals surface area (Å²) >= 11 is 0. The number of hydrogen-bond acceptors (Lipinski definition) is 3. The van der Waals surface area contributed by atoms with Gasteiger partial charge in [-0.2, -0.15) is 5.26 Å². The van der Waals surface area contributed by atoms with E-state index in [2.05, 4.69) is 0 Å². The van der Waals surface area contributed by atoms with E-state index >= 15 is 0 Å². The Bertz CT molecular complexity index is 581. The van der Waals surface area contributed by atoms with E-state index in [1.54, 1.807) is 18.2 Å². The molecule has 0 saturated heterocycles. The van der Waals surface area contributed by atoms with Gasteiger partial charge in [0.1, 0.15) is 17.6 Å². The summed E-state index contributed by atoms with van der Waals surface area (Å²) in [6, 6.07) is 8.93. The Morgan fingerprint density at radius 3 is 2.69 bits per heavy atom. The predicted octanol–water partition coefficient (Wildman–Crippen LogP) is 2.77. The van der Waals surface area contributed by atoms with Crippen molar-refractivity contribution in [3.05, 3.63) is 47.5 Å². The van der Waals surface area contributed by atoms with Crippen LogP contribution in [0.5, 0.6) is 0 Å². The van der Waals surface area contributed by atoms with Crippen molar-refractivity contribution in [1.29, 1.82) is 5.26 Å². The molecule has 0 aliphatic carbocycles. The fourth-order valence-electron chi connectivity index (χ4n) is 1.33. The smallest absolute Gasteiger partial charge is 0.185 e. The second-order valence-electron chi connectivity index (χ2n) is 3.13. The van der Waals surface area contributed by atoms with Crippen molar-refractivity contribution in [1.82, 2.24) is 0 Å². The Balaban J connectivity index is 2.45. The number of carbonyl (C=O) groups is 1. The van der Waals surface area contributed by atoms with E-state index in [1.165, 1.54) is 18.2 Å². The molecule has 0 unspecified atom stereocenters. The Kier molecular flexibility index (Phi) is 2.52. The third-order valence-corrected chi connectivity index (χ3v) is 2.12. The van der Waals surface area contributed by atoms with Crippen LogP contribution in [0.4, 0.5) is 4.39 Å². The number of nitriles is 1. The first kappa shape index (κ1) is 10.1. The fourth-order valence-corrected chi connectivity index (χ4v) is 1.33. The van der Waals surface area contributed by atoms with Crippen molar-refractivity contribution in [2.75, 3.05) is 0 Å². The summed E-state index contributed by atoms with van der Waals surface area (Å²) in [6.45, 7) is 0. The molecule has 78 valence electrons. The second kappa shape index (κ2) is 3.99. The third-order valence-electron chi connectivity index (χ3n) is 2.12. The first-order chi connectivity index (χ1) is 7.74. The maximum Gasteiger partial charge on any atom is 0.185 e. The van der Waals surface area contributed by atoms with Crippen LogP contribution in [0.15, 0.2) is 34.7 Å². The summed E-state index contributed by atoms with van der Waals surface area (Å²) in [6.07, 6.45) is 0.573. The molecule has 1 aromatic carbocycles. The highest BCUT2D eigenvalue weighted by Gasteiger charge is 2.07. The first-order valence-corrected chi connectivity index (χ1v) is 4.49. The summed E-state index contributed by atoms with van der Waals surface area (Å²) in [5.74, 6) is -0.0330. The van der Waals surface area contributed by atoms with E-state index in [0.717, 1.165) is 0 Å². The Hall–Kier alpha value is -2.41. The van der Waals surface area contributed by atoms with Gasteiger partial charge >= 0.3 is 0 Å². The molecule has 0 radical (unpaired) electrons. The van der Waals surface area contributed by atoms with Crippen molar-refractivity contribution in [3.63, 3.8) is 0 Å². The standard InChI is InChI=1S/C12H6FNO2/c13-11-5-8(1-2-9(11)6-14)12-4-3-10(7-15)16-12/h1-5,7H. The zero-order valence-corrected chi connectivity index (χ0v) is 8.11. The van der Waals surface area contributed by atoms with Gasteiger partial charge in [-0.25, -0.2) is 4.39 Å². The minimum absolute atomic E-state index is 0.0223. The van der Waals surface area contributed by atoms with Crippen LogP contribution < -0.4 is 0 Å². The molecule has 0 saturated carbocycles. The van der Waals surface area contributed by atoms with Gasteiger partial charge in [-0.15, -0.1) is 0 Å². The molecular weight excluding hydrogens is 209 g/mol. The molecular formula is C12H6FNO2. The Morgan fingerprint density at radius 2 is 2.12 bits per heavy atom. The number of aldehydes is 1. The molecule has 0 amide bonds. The van der Waals surface area contributed by atoms with Gasteiger partial charge in [0.2, 0.25) is 0 Å². The number of furan rings is 1. The Labute approximate surface area is 90.7 Å².